The van der Waals surface area contributed by atoms with Crippen LogP contribution in [0, 0.1) is 5.92 Å². The highest BCUT2D eigenvalue weighted by molar-refractivity contribution is 7.89. The molecule has 3 aromatic rings. The molecule has 0 unspecified atom stereocenters. The Balaban J connectivity index is 1.63. The maximum absolute atomic E-state index is 13.7. The molecule has 2 heterocycles. The van der Waals surface area contributed by atoms with E-state index in [1.807, 2.05) is 6.07 Å². The van der Waals surface area contributed by atoms with Crippen molar-refractivity contribution in [3.05, 3.63) is 72.3 Å². The van der Waals surface area contributed by atoms with Gasteiger partial charge in [-0.2, -0.15) is 4.31 Å². The summed E-state index contributed by atoms with van der Waals surface area (Å²) in [5.74, 6) is 1.34. The maximum atomic E-state index is 13.7. The highest BCUT2D eigenvalue weighted by Crippen LogP contribution is 2.42. The Morgan fingerprint density at radius 1 is 0.970 bits per heavy atom. The van der Waals surface area contributed by atoms with Crippen molar-refractivity contribution in [2.24, 2.45) is 5.92 Å². The van der Waals surface area contributed by atoms with Crippen LogP contribution < -0.4 is 14.8 Å². The standard InChI is InChI=1S/C25H24N2O5S/c1-17-11-13-27(14-12-17)33(29,30)24-15-19-22(16-23(24)31-18-7-3-2-4-8-18)32-21-10-6-5-9-20(21)26-25(19)28/h2-10,15-17H,11-14H2,1H3,(H,26,28). The summed E-state index contributed by atoms with van der Waals surface area (Å²) in [5.41, 5.74) is 0.647. The molecule has 2 aliphatic rings. The van der Waals surface area contributed by atoms with Crippen LogP contribution in [0.2, 0.25) is 0 Å². The summed E-state index contributed by atoms with van der Waals surface area (Å²) in [6.07, 6.45) is 1.58. The summed E-state index contributed by atoms with van der Waals surface area (Å²) in [6, 6.07) is 18.9. The van der Waals surface area contributed by atoms with Gasteiger partial charge in [0.2, 0.25) is 10.0 Å². The van der Waals surface area contributed by atoms with Crippen molar-refractivity contribution in [3.63, 3.8) is 0 Å². The van der Waals surface area contributed by atoms with Crippen LogP contribution in [0.1, 0.15) is 30.1 Å². The molecule has 1 amide bonds. The van der Waals surface area contributed by atoms with Gasteiger partial charge in [-0.3, -0.25) is 4.79 Å². The number of amides is 1. The lowest BCUT2D eigenvalue weighted by molar-refractivity contribution is 0.102. The van der Waals surface area contributed by atoms with E-state index in [1.165, 1.54) is 16.4 Å². The Morgan fingerprint density at radius 2 is 1.67 bits per heavy atom. The molecule has 2 aliphatic heterocycles. The number of rotatable bonds is 4. The zero-order chi connectivity index (χ0) is 23.0. The predicted molar refractivity (Wildman–Crippen MR) is 125 cm³/mol. The fourth-order valence-electron chi connectivity index (χ4n) is 4.03. The highest BCUT2D eigenvalue weighted by Gasteiger charge is 2.34. The fraction of sp³-hybridized carbons (Fsp3) is 0.240. The van der Waals surface area contributed by atoms with E-state index >= 15 is 0 Å². The number of hydrogen-bond acceptors (Lipinski definition) is 5. The first-order chi connectivity index (χ1) is 15.9. The third kappa shape index (κ3) is 4.19. The highest BCUT2D eigenvalue weighted by atomic mass is 32.2. The van der Waals surface area contributed by atoms with Gasteiger partial charge in [-0.1, -0.05) is 37.3 Å². The molecule has 0 aromatic heterocycles. The number of piperidine rings is 1. The Hall–Kier alpha value is -3.36. The molecule has 1 fully saturated rings. The van der Waals surface area contributed by atoms with Crippen molar-refractivity contribution in [2.45, 2.75) is 24.7 Å². The molecular formula is C25H24N2O5S. The van der Waals surface area contributed by atoms with E-state index in [-0.39, 0.29) is 22.0 Å². The summed E-state index contributed by atoms with van der Waals surface area (Å²) < 4.78 is 40.8. The molecule has 1 N–H and O–H groups in total. The van der Waals surface area contributed by atoms with E-state index in [2.05, 4.69) is 12.2 Å². The molecule has 0 bridgehead atoms. The SMILES string of the molecule is CC1CCN(S(=O)(=O)c2cc3c(cc2Oc2ccccc2)Oc2ccccc2NC3=O)CC1. The number of nitrogens with zero attached hydrogens (tertiary/aromatic N) is 1. The van der Waals surface area contributed by atoms with Crippen LogP contribution in [-0.2, 0) is 10.0 Å². The number of ether oxygens (including phenoxy) is 2. The third-order valence-electron chi connectivity index (χ3n) is 5.98. The second-order valence-corrected chi connectivity index (χ2v) is 10.3. The van der Waals surface area contributed by atoms with Crippen LogP contribution in [0.25, 0.3) is 0 Å². The number of hydrogen-bond donors (Lipinski definition) is 1. The van der Waals surface area contributed by atoms with E-state index < -0.39 is 15.9 Å². The van der Waals surface area contributed by atoms with Crippen molar-refractivity contribution in [1.82, 2.24) is 4.31 Å². The lowest BCUT2D eigenvalue weighted by Crippen LogP contribution is -2.38. The Bertz CT molecular complexity index is 1300. The molecule has 33 heavy (non-hydrogen) atoms. The van der Waals surface area contributed by atoms with Gasteiger partial charge in [0.15, 0.2) is 11.5 Å². The van der Waals surface area contributed by atoms with E-state index in [4.69, 9.17) is 9.47 Å². The molecule has 8 heteroatoms. The number of nitrogens with one attached hydrogen (secondary N) is 1. The average Bonchev–Trinajstić information content (AvgIpc) is 2.94. The van der Waals surface area contributed by atoms with Crippen LogP contribution in [0.5, 0.6) is 23.0 Å². The molecule has 7 nitrogen and oxygen atoms in total. The van der Waals surface area contributed by atoms with Crippen molar-refractivity contribution >= 4 is 21.6 Å². The normalized spacial score (nSPS) is 16.7. The van der Waals surface area contributed by atoms with Crippen LogP contribution in [0.4, 0.5) is 5.69 Å². The first kappa shape index (κ1) is 21.5. The summed E-state index contributed by atoms with van der Waals surface area (Å²) in [7, 11) is -3.90. The van der Waals surface area contributed by atoms with Gasteiger partial charge < -0.3 is 14.8 Å². The van der Waals surface area contributed by atoms with Crippen LogP contribution >= 0.6 is 0 Å². The van der Waals surface area contributed by atoms with Crippen LogP contribution in [-0.4, -0.2) is 31.7 Å². The molecule has 0 spiro atoms. The zero-order valence-electron chi connectivity index (χ0n) is 18.2. The smallest absolute Gasteiger partial charge is 0.259 e. The largest absolute Gasteiger partial charge is 0.456 e. The number of para-hydroxylation sites is 3. The minimum absolute atomic E-state index is 0.0515. The number of anilines is 1. The van der Waals surface area contributed by atoms with Gasteiger partial charge in [0, 0.05) is 19.2 Å². The van der Waals surface area contributed by atoms with Crippen LogP contribution in [0.15, 0.2) is 71.6 Å². The van der Waals surface area contributed by atoms with Crippen molar-refractivity contribution in [1.29, 1.82) is 0 Å². The molecule has 0 saturated carbocycles. The molecule has 0 atom stereocenters. The first-order valence-electron chi connectivity index (χ1n) is 10.9. The second kappa shape index (κ2) is 8.53. The number of carbonyl (C=O) groups excluding carboxylic acids is 1. The lowest BCUT2D eigenvalue weighted by Gasteiger charge is -2.30. The van der Waals surface area contributed by atoms with Gasteiger partial charge in [0.05, 0.1) is 11.3 Å². The second-order valence-electron chi connectivity index (χ2n) is 8.35. The van der Waals surface area contributed by atoms with Crippen molar-refractivity contribution in [3.8, 4) is 23.0 Å². The molecule has 5 rings (SSSR count). The maximum Gasteiger partial charge on any atom is 0.259 e. The molecule has 170 valence electrons. The Labute approximate surface area is 193 Å². The van der Waals surface area contributed by atoms with Gasteiger partial charge in [-0.05, 0) is 49.1 Å². The topological polar surface area (TPSA) is 84.9 Å². The van der Waals surface area contributed by atoms with Gasteiger partial charge >= 0.3 is 0 Å². The van der Waals surface area contributed by atoms with Gasteiger partial charge in [-0.25, -0.2) is 8.42 Å². The monoisotopic (exact) mass is 464 g/mol. The third-order valence-corrected chi connectivity index (χ3v) is 7.90. The van der Waals surface area contributed by atoms with E-state index in [0.29, 0.717) is 36.2 Å². The number of fused-ring (bicyclic) bond motifs is 2. The minimum Gasteiger partial charge on any atom is -0.456 e. The fourth-order valence-corrected chi connectivity index (χ4v) is 5.62. The molecule has 1 saturated heterocycles. The van der Waals surface area contributed by atoms with E-state index in [9.17, 15) is 13.2 Å². The summed E-state index contributed by atoms with van der Waals surface area (Å²) in [6.45, 7) is 2.98. The molecule has 3 aromatic carbocycles. The van der Waals surface area contributed by atoms with Crippen molar-refractivity contribution in [2.75, 3.05) is 18.4 Å². The summed E-state index contributed by atoms with van der Waals surface area (Å²) >= 11 is 0. The minimum atomic E-state index is -3.90. The number of benzene rings is 3. The zero-order valence-corrected chi connectivity index (χ0v) is 19.0. The average molecular weight is 465 g/mol. The predicted octanol–water partition coefficient (Wildman–Crippen LogP) is 5.26. The van der Waals surface area contributed by atoms with Crippen molar-refractivity contribution < 1.29 is 22.7 Å². The van der Waals surface area contributed by atoms with Gasteiger partial charge in [0.1, 0.15) is 16.4 Å². The molecular weight excluding hydrogens is 440 g/mol. The first-order valence-corrected chi connectivity index (χ1v) is 12.3. The Kier molecular flexibility index (Phi) is 5.55. The molecule has 0 radical (unpaired) electrons. The van der Waals surface area contributed by atoms with E-state index in [0.717, 1.165) is 12.8 Å². The van der Waals surface area contributed by atoms with Gasteiger partial charge in [-0.15, -0.1) is 0 Å². The van der Waals surface area contributed by atoms with Crippen LogP contribution in [0.3, 0.4) is 0 Å². The molecule has 0 aliphatic carbocycles. The van der Waals surface area contributed by atoms with E-state index in [1.54, 1.807) is 48.5 Å². The summed E-state index contributed by atoms with van der Waals surface area (Å²) in [5, 5.41) is 2.80. The lowest BCUT2D eigenvalue weighted by atomic mass is 10.0. The Morgan fingerprint density at radius 3 is 2.42 bits per heavy atom. The number of carbonyl (C=O) groups is 1. The van der Waals surface area contributed by atoms with Gasteiger partial charge in [0.25, 0.3) is 5.91 Å². The number of sulfonamides is 1. The summed E-state index contributed by atoms with van der Waals surface area (Å²) in [4.78, 5) is 12.9. The quantitative estimate of drug-likeness (QED) is 0.570.